The number of esters is 1. The number of rotatable bonds is 9. The van der Waals surface area contributed by atoms with Gasteiger partial charge >= 0.3 is 5.97 Å². The average Bonchev–Trinajstić information content (AvgIpc) is 3.08. The van der Waals surface area contributed by atoms with Gasteiger partial charge in [0.15, 0.2) is 18.9 Å². The minimum Gasteiger partial charge on any atom is -0.458 e. The SMILES string of the molecule is CC[C@@H](O)[C@@](C)(O)[C@@H]1OC(=O)[C@H](C)[C@@H](O[C@H]2C[C@@](C)(OC)[C@@H](O)[C@H](O)O2)[C@H](C)[C@@H](O[C@@H]2O[C@H](C)C[C@H](N(C)C)[C@H]2O)[C@@]2(C)C[C@@H](C)N(C)C(O2)[C@@H]1C. The standard InChI is InChI=1S/C37H68N2O13/c1-14-24(40)37(9,45)30-22(6)31-39(12)18(2)16-36(8,52-31)29(51-34-26(41)23(38(10)11)15-19(3)47-34)20(4)27(21(5)32(43)50-30)48-25-17-35(7,46-13)28(42)33(44)49-25/h18-31,33-34,40-42,44-45H,14-17H2,1-13H3/t18-,19-,20+,21-,22-,23+,24-,25-,26-,27+,28+,29-,30-,31?,33-,34+,35-,36-,37-/m1/s1. The first kappa shape index (κ1) is 43.7. The summed E-state index contributed by atoms with van der Waals surface area (Å²) in [6, 6.07) is -0.347. The van der Waals surface area contributed by atoms with Crippen LogP contribution in [0.5, 0.6) is 0 Å². The summed E-state index contributed by atoms with van der Waals surface area (Å²) in [5, 5.41) is 55.9. The molecule has 4 aliphatic rings. The molecular weight excluding hydrogens is 680 g/mol. The van der Waals surface area contributed by atoms with Gasteiger partial charge < -0.3 is 63.6 Å². The Bertz CT molecular complexity index is 1200. The van der Waals surface area contributed by atoms with E-state index in [0.717, 1.165) is 0 Å². The van der Waals surface area contributed by atoms with Gasteiger partial charge in [-0.2, -0.15) is 0 Å². The number of methoxy groups -OCH3 is 1. The maximum atomic E-state index is 14.4. The van der Waals surface area contributed by atoms with E-state index in [1.807, 2.05) is 58.6 Å². The molecule has 304 valence electrons. The topological polar surface area (TPSA) is 189 Å². The van der Waals surface area contributed by atoms with Gasteiger partial charge in [0.05, 0.1) is 35.9 Å². The molecule has 15 nitrogen and oxygen atoms in total. The highest BCUT2D eigenvalue weighted by Gasteiger charge is 2.58. The molecule has 0 aliphatic carbocycles. The van der Waals surface area contributed by atoms with Crippen molar-refractivity contribution in [1.82, 2.24) is 9.80 Å². The van der Waals surface area contributed by atoms with Gasteiger partial charge in [0.2, 0.25) is 0 Å². The first-order valence-corrected chi connectivity index (χ1v) is 18.9. The molecule has 2 bridgehead atoms. The van der Waals surface area contributed by atoms with Crippen molar-refractivity contribution in [2.45, 2.75) is 185 Å². The van der Waals surface area contributed by atoms with Gasteiger partial charge in [-0.1, -0.05) is 20.8 Å². The molecule has 0 saturated carbocycles. The number of hydrogen-bond acceptors (Lipinski definition) is 15. The largest absolute Gasteiger partial charge is 0.458 e. The molecule has 0 radical (unpaired) electrons. The third-order valence-corrected chi connectivity index (χ3v) is 12.5. The lowest BCUT2D eigenvalue weighted by Gasteiger charge is -2.55. The fraction of sp³-hybridized carbons (Fsp3) is 0.973. The Morgan fingerprint density at radius 1 is 1.04 bits per heavy atom. The van der Waals surface area contributed by atoms with Crippen LogP contribution in [0.4, 0.5) is 0 Å². The lowest BCUT2D eigenvalue weighted by atomic mass is 9.77. The molecule has 52 heavy (non-hydrogen) atoms. The first-order chi connectivity index (χ1) is 24.0. The van der Waals surface area contributed by atoms with E-state index in [9.17, 15) is 30.3 Å². The second-order valence-corrected chi connectivity index (χ2v) is 16.9. The highest BCUT2D eigenvalue weighted by Crippen LogP contribution is 2.45. The molecule has 4 heterocycles. The van der Waals surface area contributed by atoms with Crippen LogP contribution in [0.3, 0.4) is 0 Å². The number of fused-ring (bicyclic) bond motifs is 2. The quantitative estimate of drug-likeness (QED) is 0.212. The molecule has 0 aromatic carbocycles. The molecule has 0 aromatic rings. The predicted octanol–water partition coefficient (Wildman–Crippen LogP) is 1.19. The molecule has 4 aliphatic heterocycles. The zero-order valence-corrected chi connectivity index (χ0v) is 33.5. The first-order valence-electron chi connectivity index (χ1n) is 18.9. The molecular formula is C37H68N2O13. The minimum absolute atomic E-state index is 0.0133. The van der Waals surface area contributed by atoms with Gasteiger partial charge in [-0.3, -0.25) is 9.69 Å². The number of likely N-dealkylation sites (N-methyl/N-ethyl adjacent to an activating group) is 1. The summed E-state index contributed by atoms with van der Waals surface area (Å²) in [7, 11) is 7.12. The van der Waals surface area contributed by atoms with E-state index in [1.165, 1.54) is 14.0 Å². The lowest BCUT2D eigenvalue weighted by molar-refractivity contribution is -0.352. The van der Waals surface area contributed by atoms with Crippen molar-refractivity contribution in [2.75, 3.05) is 28.3 Å². The zero-order chi connectivity index (χ0) is 39.2. The summed E-state index contributed by atoms with van der Waals surface area (Å²) < 4.78 is 44.5. The van der Waals surface area contributed by atoms with Crippen molar-refractivity contribution in [2.24, 2.45) is 17.8 Å². The lowest BCUT2D eigenvalue weighted by Crippen LogP contribution is -2.66. The molecule has 0 spiro atoms. The number of ether oxygens (including phenoxy) is 7. The number of cyclic esters (lactones) is 1. The molecule has 5 N–H and O–H groups in total. The van der Waals surface area contributed by atoms with Gasteiger partial charge in [0.1, 0.15) is 35.7 Å². The van der Waals surface area contributed by atoms with Crippen LogP contribution in [0.15, 0.2) is 0 Å². The fourth-order valence-electron chi connectivity index (χ4n) is 8.91. The van der Waals surface area contributed by atoms with Gasteiger partial charge in [-0.05, 0) is 81.9 Å². The number of aliphatic hydroxyl groups excluding tert-OH is 4. The van der Waals surface area contributed by atoms with Crippen LogP contribution in [0.2, 0.25) is 0 Å². The van der Waals surface area contributed by atoms with E-state index in [1.54, 1.807) is 20.8 Å². The van der Waals surface area contributed by atoms with Crippen LogP contribution in [0.25, 0.3) is 0 Å². The summed E-state index contributed by atoms with van der Waals surface area (Å²) in [5.41, 5.74) is -4.18. The molecule has 1 unspecified atom stereocenters. The normalized spacial score (nSPS) is 48.8. The summed E-state index contributed by atoms with van der Waals surface area (Å²) in [6.07, 6.45) is -10.2. The predicted molar refractivity (Wildman–Crippen MR) is 189 cm³/mol. The van der Waals surface area contributed by atoms with E-state index in [-0.39, 0.29) is 31.0 Å². The van der Waals surface area contributed by atoms with Gasteiger partial charge in [-0.25, -0.2) is 0 Å². The van der Waals surface area contributed by atoms with E-state index in [2.05, 4.69) is 6.92 Å². The molecule has 15 heteroatoms. The van der Waals surface area contributed by atoms with Crippen molar-refractivity contribution in [3.8, 4) is 0 Å². The van der Waals surface area contributed by atoms with Crippen molar-refractivity contribution in [3.63, 3.8) is 0 Å². The van der Waals surface area contributed by atoms with E-state index < -0.39 is 102 Å². The smallest absolute Gasteiger partial charge is 0.311 e. The summed E-state index contributed by atoms with van der Waals surface area (Å²) >= 11 is 0. The van der Waals surface area contributed by atoms with Crippen molar-refractivity contribution in [3.05, 3.63) is 0 Å². The van der Waals surface area contributed by atoms with E-state index in [0.29, 0.717) is 12.8 Å². The molecule has 0 amide bonds. The zero-order valence-electron chi connectivity index (χ0n) is 33.5. The van der Waals surface area contributed by atoms with Gasteiger partial charge in [-0.15, -0.1) is 0 Å². The Morgan fingerprint density at radius 2 is 1.67 bits per heavy atom. The summed E-state index contributed by atoms with van der Waals surface area (Å²) in [4.78, 5) is 18.3. The molecule has 4 fully saturated rings. The highest BCUT2D eigenvalue weighted by atomic mass is 16.7. The van der Waals surface area contributed by atoms with Gasteiger partial charge in [0.25, 0.3) is 0 Å². The Hall–Kier alpha value is -1.05. The maximum absolute atomic E-state index is 14.4. The fourth-order valence-corrected chi connectivity index (χ4v) is 8.91. The van der Waals surface area contributed by atoms with Crippen molar-refractivity contribution >= 4 is 5.97 Å². The number of hydrogen-bond donors (Lipinski definition) is 5. The Morgan fingerprint density at radius 3 is 2.25 bits per heavy atom. The Kier molecular flexibility index (Phi) is 13.9. The van der Waals surface area contributed by atoms with Crippen LogP contribution in [-0.2, 0) is 38.0 Å². The van der Waals surface area contributed by atoms with Crippen LogP contribution >= 0.6 is 0 Å². The second kappa shape index (κ2) is 16.6. The van der Waals surface area contributed by atoms with Crippen LogP contribution in [0.1, 0.15) is 88.0 Å². The van der Waals surface area contributed by atoms with Crippen LogP contribution in [0, 0.1) is 17.8 Å². The Balaban J connectivity index is 1.87. The van der Waals surface area contributed by atoms with E-state index >= 15 is 0 Å². The Labute approximate surface area is 309 Å². The number of carbonyl (C=O) groups excluding carboxylic acids is 1. The number of carbonyl (C=O) groups is 1. The highest BCUT2D eigenvalue weighted by molar-refractivity contribution is 5.73. The molecule has 19 atom stereocenters. The minimum atomic E-state index is -1.86. The monoisotopic (exact) mass is 748 g/mol. The van der Waals surface area contributed by atoms with Crippen molar-refractivity contribution < 1.29 is 63.5 Å². The third kappa shape index (κ3) is 8.52. The van der Waals surface area contributed by atoms with E-state index in [4.69, 9.17) is 33.2 Å². The average molecular weight is 749 g/mol. The summed E-state index contributed by atoms with van der Waals surface area (Å²) in [5.74, 6) is -3.04. The third-order valence-electron chi connectivity index (χ3n) is 12.5. The molecule has 4 rings (SSSR count). The van der Waals surface area contributed by atoms with Crippen LogP contribution < -0.4 is 0 Å². The van der Waals surface area contributed by atoms with Crippen LogP contribution in [-0.4, -0.2) is 166 Å². The molecule has 0 aromatic heterocycles. The number of aliphatic hydroxyl groups is 5. The number of nitrogens with zero attached hydrogens (tertiary/aromatic N) is 2. The van der Waals surface area contributed by atoms with Gasteiger partial charge in [0, 0.05) is 37.5 Å². The second-order valence-electron chi connectivity index (χ2n) is 16.9. The molecule has 4 saturated heterocycles. The summed E-state index contributed by atoms with van der Waals surface area (Å²) in [6.45, 7) is 16.1. The maximum Gasteiger partial charge on any atom is 0.311 e. The van der Waals surface area contributed by atoms with Crippen molar-refractivity contribution in [1.29, 1.82) is 0 Å².